The maximum Gasteiger partial charge on any atom is 0.341 e. The fourth-order valence-corrected chi connectivity index (χ4v) is 3.03. The van der Waals surface area contributed by atoms with E-state index in [2.05, 4.69) is 5.16 Å². The van der Waals surface area contributed by atoms with Crippen LogP contribution in [0.4, 0.5) is 0 Å². The van der Waals surface area contributed by atoms with Crippen molar-refractivity contribution >= 4 is 40.5 Å². The van der Waals surface area contributed by atoms with Crippen LogP contribution in [0.15, 0.2) is 53.9 Å². The predicted molar refractivity (Wildman–Crippen MR) is 118 cm³/mol. The van der Waals surface area contributed by atoms with Gasteiger partial charge in [-0.05, 0) is 25.1 Å². The minimum Gasteiger partial charge on any atom is -0.503 e. The Hall–Kier alpha value is -2.54. The quantitative estimate of drug-likeness (QED) is 0.165. The molecule has 0 radical (unpaired) electrons. The van der Waals surface area contributed by atoms with E-state index in [1.54, 1.807) is 30.3 Å². The summed E-state index contributed by atoms with van der Waals surface area (Å²) >= 11 is 12.5. The van der Waals surface area contributed by atoms with Gasteiger partial charge in [-0.15, -0.1) is 0 Å². The molecule has 30 heavy (non-hydrogen) atoms. The highest BCUT2D eigenvalue weighted by atomic mass is 35.5. The number of esters is 1. The molecule has 0 atom stereocenters. The first-order valence-corrected chi connectivity index (χ1v) is 9.88. The molecule has 0 aliphatic carbocycles. The second-order valence-corrected chi connectivity index (χ2v) is 6.83. The molecule has 0 aliphatic heterocycles. The van der Waals surface area contributed by atoms with Gasteiger partial charge in [0.25, 0.3) is 0 Å². The summed E-state index contributed by atoms with van der Waals surface area (Å²) in [6, 6.07) is 12.4. The molecule has 2 aromatic carbocycles. The van der Waals surface area contributed by atoms with Crippen molar-refractivity contribution in [1.82, 2.24) is 0 Å². The van der Waals surface area contributed by atoms with Gasteiger partial charge < -0.3 is 19.0 Å². The third kappa shape index (κ3) is 6.49. The molecule has 160 valence electrons. The minimum absolute atomic E-state index is 0.0171. The highest BCUT2D eigenvalue weighted by Gasteiger charge is 2.19. The number of benzene rings is 2. The van der Waals surface area contributed by atoms with Crippen LogP contribution in [0, 0.1) is 0 Å². The fraction of sp³-hybridized carbons (Fsp3) is 0.273. The van der Waals surface area contributed by atoms with Crippen molar-refractivity contribution in [2.45, 2.75) is 13.5 Å². The average Bonchev–Trinajstić information content (AvgIpc) is 2.75. The molecule has 2 aromatic rings. The molecule has 0 saturated heterocycles. The van der Waals surface area contributed by atoms with Crippen molar-refractivity contribution in [3.63, 3.8) is 0 Å². The Bertz CT molecular complexity index is 927. The van der Waals surface area contributed by atoms with E-state index in [4.69, 9.17) is 42.3 Å². The van der Waals surface area contributed by atoms with Gasteiger partial charge in [-0.2, -0.15) is 0 Å². The standard InChI is InChI=1S/C22H23Cl2NO5/c1-4-29-14-21(15-7-5-8-16(23)11-15)25-30-13-18-17(9-6-10-20(18)24)19(12-27-2)22(26)28-3/h5-12H,4,13-14H2,1-3H3/b19-12+,25-21+. The smallest absolute Gasteiger partial charge is 0.341 e. The summed E-state index contributed by atoms with van der Waals surface area (Å²) in [5.41, 5.74) is 2.67. The van der Waals surface area contributed by atoms with E-state index in [1.807, 2.05) is 19.1 Å². The van der Waals surface area contributed by atoms with E-state index >= 15 is 0 Å². The second-order valence-electron chi connectivity index (χ2n) is 5.98. The number of ether oxygens (including phenoxy) is 3. The number of carbonyl (C=O) groups is 1. The molecular formula is C22H23Cl2NO5. The Labute approximate surface area is 186 Å². The highest BCUT2D eigenvalue weighted by molar-refractivity contribution is 6.32. The van der Waals surface area contributed by atoms with E-state index in [0.29, 0.717) is 33.5 Å². The third-order valence-electron chi connectivity index (χ3n) is 4.03. The molecule has 0 spiro atoms. The van der Waals surface area contributed by atoms with E-state index in [1.165, 1.54) is 20.5 Å². The van der Waals surface area contributed by atoms with Crippen LogP contribution < -0.4 is 0 Å². The number of carbonyl (C=O) groups excluding carboxylic acids is 1. The number of rotatable bonds is 10. The Morgan fingerprint density at radius 1 is 1.13 bits per heavy atom. The van der Waals surface area contributed by atoms with Crippen molar-refractivity contribution < 1.29 is 23.8 Å². The topological polar surface area (TPSA) is 66.3 Å². The second kappa shape index (κ2) is 12.2. The third-order valence-corrected chi connectivity index (χ3v) is 4.62. The summed E-state index contributed by atoms with van der Waals surface area (Å²) in [4.78, 5) is 17.8. The Balaban J connectivity index is 2.33. The molecule has 2 rings (SSSR count). The Morgan fingerprint density at radius 2 is 1.90 bits per heavy atom. The van der Waals surface area contributed by atoms with Crippen LogP contribution in [-0.4, -0.2) is 39.1 Å². The van der Waals surface area contributed by atoms with Crippen LogP contribution >= 0.6 is 23.2 Å². The normalized spacial score (nSPS) is 11.9. The first-order chi connectivity index (χ1) is 14.5. The van der Waals surface area contributed by atoms with Gasteiger partial charge in [0.1, 0.15) is 17.9 Å². The SMILES string of the molecule is CCOC/C(=N\OCc1c(Cl)cccc1/C(=C\OC)C(=O)OC)c1cccc(Cl)c1. The summed E-state index contributed by atoms with van der Waals surface area (Å²) in [6.07, 6.45) is 1.30. The van der Waals surface area contributed by atoms with E-state index in [9.17, 15) is 4.79 Å². The van der Waals surface area contributed by atoms with Crippen LogP contribution in [0.5, 0.6) is 0 Å². The van der Waals surface area contributed by atoms with Crippen LogP contribution in [0.3, 0.4) is 0 Å². The van der Waals surface area contributed by atoms with Gasteiger partial charge in [0.05, 0.1) is 27.1 Å². The lowest BCUT2D eigenvalue weighted by atomic mass is 10.0. The molecule has 0 unspecified atom stereocenters. The molecule has 0 amide bonds. The van der Waals surface area contributed by atoms with Crippen LogP contribution in [-0.2, 0) is 30.4 Å². The van der Waals surface area contributed by atoms with Gasteiger partial charge in [0.2, 0.25) is 0 Å². The van der Waals surface area contributed by atoms with Gasteiger partial charge in [-0.3, -0.25) is 0 Å². The number of oxime groups is 1. The first kappa shape index (κ1) is 23.7. The minimum atomic E-state index is -0.556. The lowest BCUT2D eigenvalue weighted by molar-refractivity contribution is -0.133. The Kier molecular flexibility index (Phi) is 9.67. The zero-order valence-electron chi connectivity index (χ0n) is 17.0. The molecule has 0 aromatic heterocycles. The highest BCUT2D eigenvalue weighted by Crippen LogP contribution is 2.28. The van der Waals surface area contributed by atoms with E-state index in [-0.39, 0.29) is 18.8 Å². The van der Waals surface area contributed by atoms with E-state index in [0.717, 1.165) is 5.56 Å². The monoisotopic (exact) mass is 451 g/mol. The van der Waals surface area contributed by atoms with Crippen molar-refractivity contribution in [2.75, 3.05) is 27.4 Å². The largest absolute Gasteiger partial charge is 0.503 e. The van der Waals surface area contributed by atoms with Crippen molar-refractivity contribution in [1.29, 1.82) is 0 Å². The van der Waals surface area contributed by atoms with E-state index < -0.39 is 5.97 Å². The van der Waals surface area contributed by atoms with Crippen LogP contribution in [0.25, 0.3) is 5.57 Å². The molecule has 8 heteroatoms. The van der Waals surface area contributed by atoms with Crippen LogP contribution in [0.2, 0.25) is 10.0 Å². The lowest BCUT2D eigenvalue weighted by Crippen LogP contribution is -2.12. The van der Waals surface area contributed by atoms with Gasteiger partial charge in [0.15, 0.2) is 0 Å². The maximum absolute atomic E-state index is 12.2. The molecular weight excluding hydrogens is 429 g/mol. The van der Waals surface area contributed by atoms with Crippen molar-refractivity contribution in [2.24, 2.45) is 5.16 Å². The number of halogens is 2. The summed E-state index contributed by atoms with van der Waals surface area (Å²) in [7, 11) is 2.74. The van der Waals surface area contributed by atoms with Crippen molar-refractivity contribution in [3.05, 3.63) is 75.5 Å². The Morgan fingerprint density at radius 3 is 2.57 bits per heavy atom. The number of hydrogen-bond donors (Lipinski definition) is 0. The number of nitrogens with zero attached hydrogens (tertiary/aromatic N) is 1. The number of methoxy groups -OCH3 is 2. The van der Waals surface area contributed by atoms with Gasteiger partial charge in [-0.25, -0.2) is 4.79 Å². The molecule has 0 aliphatic rings. The molecule has 0 saturated carbocycles. The maximum atomic E-state index is 12.2. The summed E-state index contributed by atoms with van der Waals surface area (Å²) < 4.78 is 15.4. The number of hydrogen-bond acceptors (Lipinski definition) is 6. The zero-order valence-corrected chi connectivity index (χ0v) is 18.5. The van der Waals surface area contributed by atoms with Crippen molar-refractivity contribution in [3.8, 4) is 0 Å². The summed E-state index contributed by atoms with van der Waals surface area (Å²) in [5, 5.41) is 5.23. The lowest BCUT2D eigenvalue weighted by Gasteiger charge is -2.13. The fourth-order valence-electron chi connectivity index (χ4n) is 2.61. The molecule has 0 N–H and O–H groups in total. The summed E-state index contributed by atoms with van der Waals surface area (Å²) in [5.74, 6) is -0.556. The van der Waals surface area contributed by atoms with Gasteiger partial charge in [0, 0.05) is 33.3 Å². The molecule has 0 fully saturated rings. The first-order valence-electron chi connectivity index (χ1n) is 9.13. The molecule has 6 nitrogen and oxygen atoms in total. The zero-order chi connectivity index (χ0) is 21.9. The average molecular weight is 452 g/mol. The van der Waals surface area contributed by atoms with Gasteiger partial charge >= 0.3 is 5.97 Å². The van der Waals surface area contributed by atoms with Gasteiger partial charge in [-0.1, -0.05) is 52.6 Å². The predicted octanol–water partition coefficient (Wildman–Crippen LogP) is 5.11. The summed E-state index contributed by atoms with van der Waals surface area (Å²) in [6.45, 7) is 2.69. The van der Waals surface area contributed by atoms with Crippen LogP contribution in [0.1, 0.15) is 23.6 Å². The molecule has 0 heterocycles. The molecule has 0 bridgehead atoms.